The number of hydrogen-bond donors (Lipinski definition) is 2. The number of unbranched alkanes of at least 4 members (excludes halogenated alkanes) is 1. The number of nitrogens with one attached hydrogen (secondary N) is 1. The van der Waals surface area contributed by atoms with Crippen LogP contribution in [-0.4, -0.2) is 23.0 Å². The Labute approximate surface area is 166 Å². The third-order valence-electron chi connectivity index (χ3n) is 6.84. The molecule has 1 aromatic heterocycles. The van der Waals surface area contributed by atoms with Crippen molar-refractivity contribution < 1.29 is 14.7 Å². The third kappa shape index (κ3) is 4.29. The number of carbonyl (C=O) groups excluding carboxylic acids is 1. The Morgan fingerprint density at radius 1 is 1.33 bits per heavy atom. The number of rotatable bonds is 8. The van der Waals surface area contributed by atoms with Crippen LogP contribution < -0.4 is 5.32 Å². The van der Waals surface area contributed by atoms with Crippen molar-refractivity contribution >= 4 is 23.2 Å². The molecule has 3 aliphatic carbocycles. The molecule has 3 aliphatic rings. The van der Waals surface area contributed by atoms with E-state index >= 15 is 0 Å². The molecule has 3 fully saturated rings. The van der Waals surface area contributed by atoms with Crippen LogP contribution in [0, 0.1) is 30.1 Å². The van der Waals surface area contributed by atoms with E-state index in [4.69, 9.17) is 5.11 Å². The number of carbonyl (C=O) groups is 2. The Bertz CT molecular complexity index is 721. The van der Waals surface area contributed by atoms with Crippen molar-refractivity contribution in [3.63, 3.8) is 0 Å². The van der Waals surface area contributed by atoms with Crippen LogP contribution >= 0.6 is 11.3 Å². The van der Waals surface area contributed by atoms with Gasteiger partial charge in [-0.15, -0.1) is 11.3 Å². The summed E-state index contributed by atoms with van der Waals surface area (Å²) in [5, 5.41) is 14.1. The maximum Gasteiger partial charge on any atom is 0.303 e. The van der Waals surface area contributed by atoms with Crippen LogP contribution in [0.5, 0.6) is 0 Å². The number of aliphatic carboxylic acids is 1. The molecule has 3 saturated carbocycles. The molecule has 0 saturated heterocycles. The van der Waals surface area contributed by atoms with Gasteiger partial charge in [0, 0.05) is 17.3 Å². The summed E-state index contributed by atoms with van der Waals surface area (Å²) in [6, 6.07) is 2.14. The zero-order chi connectivity index (χ0) is 19.6. The summed E-state index contributed by atoms with van der Waals surface area (Å²) in [5.41, 5.74) is 1.12. The van der Waals surface area contributed by atoms with Gasteiger partial charge in [-0.3, -0.25) is 9.59 Å². The van der Waals surface area contributed by atoms with Gasteiger partial charge in [0.25, 0.3) is 5.91 Å². The van der Waals surface area contributed by atoms with E-state index in [1.165, 1.54) is 6.42 Å². The van der Waals surface area contributed by atoms with Gasteiger partial charge in [0.05, 0.1) is 5.56 Å². The lowest BCUT2D eigenvalue weighted by molar-refractivity contribution is -0.137. The van der Waals surface area contributed by atoms with Gasteiger partial charge in [-0.1, -0.05) is 26.0 Å². The quantitative estimate of drug-likeness (QED) is 0.483. The number of hydrogen-bond acceptors (Lipinski definition) is 3. The van der Waals surface area contributed by atoms with E-state index in [0.717, 1.165) is 35.6 Å². The van der Waals surface area contributed by atoms with Gasteiger partial charge < -0.3 is 10.4 Å². The summed E-state index contributed by atoms with van der Waals surface area (Å²) in [6.45, 7) is 6.69. The monoisotopic (exact) mass is 389 g/mol. The van der Waals surface area contributed by atoms with Crippen molar-refractivity contribution in [3.05, 3.63) is 34.0 Å². The molecule has 1 aromatic rings. The zero-order valence-corrected chi connectivity index (χ0v) is 17.3. The Morgan fingerprint density at radius 2 is 2.11 bits per heavy atom. The molecule has 2 N–H and O–H groups in total. The smallest absolute Gasteiger partial charge is 0.303 e. The first-order chi connectivity index (χ1) is 12.8. The van der Waals surface area contributed by atoms with Crippen molar-refractivity contribution in [2.24, 2.45) is 23.2 Å². The topological polar surface area (TPSA) is 66.4 Å². The van der Waals surface area contributed by atoms with E-state index in [0.29, 0.717) is 23.7 Å². The minimum Gasteiger partial charge on any atom is -0.481 e. The van der Waals surface area contributed by atoms with Gasteiger partial charge >= 0.3 is 5.97 Å². The molecule has 5 heteroatoms. The summed E-state index contributed by atoms with van der Waals surface area (Å²) < 4.78 is 0. The first-order valence-electron chi connectivity index (χ1n) is 10.0. The summed E-state index contributed by atoms with van der Waals surface area (Å²) in [7, 11) is 0. The van der Waals surface area contributed by atoms with Crippen LogP contribution in [0.15, 0.2) is 23.6 Å². The van der Waals surface area contributed by atoms with Crippen molar-refractivity contribution in [3.8, 4) is 0 Å². The van der Waals surface area contributed by atoms with E-state index in [-0.39, 0.29) is 18.4 Å². The van der Waals surface area contributed by atoms with Crippen molar-refractivity contribution in [2.75, 3.05) is 0 Å². The lowest BCUT2D eigenvalue weighted by atomic mass is 9.44. The van der Waals surface area contributed by atoms with E-state index in [1.54, 1.807) is 11.3 Å². The maximum atomic E-state index is 12.8. The van der Waals surface area contributed by atoms with Crippen LogP contribution in [0.4, 0.5) is 0 Å². The number of carboxylic acids is 1. The van der Waals surface area contributed by atoms with E-state index in [1.807, 2.05) is 18.4 Å². The fourth-order valence-electron chi connectivity index (χ4n) is 4.98. The summed E-state index contributed by atoms with van der Waals surface area (Å²) >= 11 is 1.62. The fraction of sp³-hybridized carbons (Fsp3) is 0.636. The molecule has 0 radical (unpaired) electrons. The second kappa shape index (κ2) is 8.17. The van der Waals surface area contributed by atoms with E-state index in [2.05, 4.69) is 31.3 Å². The number of amides is 1. The average molecular weight is 390 g/mol. The fourth-order valence-corrected chi connectivity index (χ4v) is 5.67. The molecule has 1 amide bonds. The highest BCUT2D eigenvalue weighted by Crippen LogP contribution is 2.61. The van der Waals surface area contributed by atoms with Crippen molar-refractivity contribution in [1.29, 1.82) is 0 Å². The third-order valence-corrected chi connectivity index (χ3v) is 7.69. The number of allylic oxidation sites excluding steroid dienone is 2. The number of carboxylic acid groups (broad SMARTS) is 1. The number of aryl methyl sites for hydroxylation is 1. The zero-order valence-electron chi connectivity index (χ0n) is 16.5. The molecule has 1 heterocycles. The van der Waals surface area contributed by atoms with E-state index in [9.17, 15) is 9.59 Å². The molecule has 0 aromatic carbocycles. The van der Waals surface area contributed by atoms with Crippen LogP contribution in [-0.2, 0) is 4.79 Å². The second-order valence-corrected chi connectivity index (χ2v) is 9.86. The SMILES string of the molecule is Cc1sccc1C(=O)N[C@@H]1[C@@H](C/C=C/CCCC(=O)O)C[C@H]2C[C@@H]1C2(C)C. The highest BCUT2D eigenvalue weighted by atomic mass is 32.1. The second-order valence-electron chi connectivity index (χ2n) is 8.74. The Kier molecular flexibility index (Phi) is 6.09. The first-order valence-corrected chi connectivity index (χ1v) is 10.9. The number of fused-ring (bicyclic) bond motifs is 2. The molecule has 0 aliphatic heterocycles. The maximum absolute atomic E-state index is 12.8. The van der Waals surface area contributed by atoms with Crippen molar-refractivity contribution in [1.82, 2.24) is 5.32 Å². The predicted molar refractivity (Wildman–Crippen MR) is 109 cm³/mol. The number of thiophene rings is 1. The highest BCUT2D eigenvalue weighted by Gasteiger charge is 2.57. The normalized spacial score (nSPS) is 28.7. The Balaban J connectivity index is 1.62. The molecule has 148 valence electrons. The summed E-state index contributed by atoms with van der Waals surface area (Å²) in [4.78, 5) is 24.5. The van der Waals surface area contributed by atoms with Crippen LogP contribution in [0.25, 0.3) is 0 Å². The summed E-state index contributed by atoms with van der Waals surface area (Å²) in [5.74, 6) is 1.11. The van der Waals surface area contributed by atoms with Gasteiger partial charge in [-0.25, -0.2) is 0 Å². The minimum absolute atomic E-state index is 0.0651. The molecule has 4 nitrogen and oxygen atoms in total. The molecule has 0 unspecified atom stereocenters. The molecule has 27 heavy (non-hydrogen) atoms. The first kappa shape index (κ1) is 20.1. The van der Waals surface area contributed by atoms with Gasteiger partial charge in [-0.2, -0.15) is 0 Å². The Hall–Kier alpha value is -1.62. The molecular weight excluding hydrogens is 358 g/mol. The van der Waals surface area contributed by atoms with Crippen LogP contribution in [0.2, 0.25) is 0 Å². The van der Waals surface area contributed by atoms with Crippen LogP contribution in [0.3, 0.4) is 0 Å². The lowest BCUT2D eigenvalue weighted by Gasteiger charge is -2.62. The molecular formula is C22H31NO3S. The highest BCUT2D eigenvalue weighted by molar-refractivity contribution is 7.10. The van der Waals surface area contributed by atoms with Crippen molar-refractivity contribution in [2.45, 2.75) is 65.3 Å². The van der Waals surface area contributed by atoms with Gasteiger partial charge in [-0.05, 0) is 73.6 Å². The summed E-state index contributed by atoms with van der Waals surface area (Å²) in [6.07, 6.45) is 9.37. The molecule has 2 bridgehead atoms. The lowest BCUT2D eigenvalue weighted by Crippen LogP contribution is -2.63. The van der Waals surface area contributed by atoms with Gasteiger partial charge in [0.1, 0.15) is 0 Å². The van der Waals surface area contributed by atoms with Crippen LogP contribution in [0.1, 0.15) is 67.6 Å². The molecule has 4 rings (SSSR count). The standard InChI is InChI=1S/C22H31NO3S/c1-14-17(10-11-27-14)21(26)23-20-15(8-6-4-5-7-9-19(24)25)12-16-13-18(20)22(16,2)3/h4,6,10-11,15-16,18,20H,5,7-9,12-13H2,1-3H3,(H,23,26)(H,24,25)/b6-4+/t15-,16-,18-,20+/m0/s1. The van der Waals surface area contributed by atoms with Gasteiger partial charge in [0.15, 0.2) is 0 Å². The molecule has 4 atom stereocenters. The average Bonchev–Trinajstić information content (AvgIpc) is 3.04. The largest absolute Gasteiger partial charge is 0.481 e. The molecule has 0 spiro atoms. The minimum atomic E-state index is -0.732. The van der Waals surface area contributed by atoms with Gasteiger partial charge in [0.2, 0.25) is 0 Å². The van der Waals surface area contributed by atoms with E-state index < -0.39 is 5.97 Å². The predicted octanol–water partition coefficient (Wildman–Crippen LogP) is 5.04. The Morgan fingerprint density at radius 3 is 2.74 bits per heavy atom.